The fourth-order valence-corrected chi connectivity index (χ4v) is 3.76. The molecular formula is C24H30N2O3. The molecule has 0 atom stereocenters. The number of hydrogen-bond acceptors (Lipinski definition) is 3. The van der Waals surface area contributed by atoms with Crippen LogP contribution >= 0.6 is 0 Å². The third-order valence-corrected chi connectivity index (χ3v) is 5.26. The van der Waals surface area contributed by atoms with Crippen LogP contribution in [0.25, 0.3) is 10.9 Å². The molecule has 0 radical (unpaired) electrons. The number of rotatable bonds is 10. The molecule has 3 aromatic rings. The van der Waals surface area contributed by atoms with Gasteiger partial charge >= 0.3 is 5.97 Å². The Hall–Kier alpha value is -2.63. The molecule has 0 spiro atoms. The smallest absolute Gasteiger partial charge is 0.352 e. The van der Waals surface area contributed by atoms with Crippen molar-refractivity contribution in [2.24, 2.45) is 0 Å². The summed E-state index contributed by atoms with van der Waals surface area (Å²) in [4.78, 5) is 12.3. The minimum Gasteiger partial charge on any atom is -0.477 e. The molecule has 0 amide bonds. The summed E-state index contributed by atoms with van der Waals surface area (Å²) in [6.07, 6.45) is 0.900. The van der Waals surface area contributed by atoms with Crippen molar-refractivity contribution in [2.75, 3.05) is 19.8 Å². The Balaban J connectivity index is 1.95. The predicted molar refractivity (Wildman–Crippen MR) is 117 cm³/mol. The topological polar surface area (TPSA) is 63.5 Å². The lowest BCUT2D eigenvalue weighted by Crippen LogP contribution is -2.19. The SMILES string of the molecule is CCOCCCNCc1c(C(=O)O)n(Cc2cc(C)ccc2C)c2ccccc12. The van der Waals surface area contributed by atoms with Crippen LogP contribution < -0.4 is 5.32 Å². The van der Waals surface area contributed by atoms with E-state index in [2.05, 4.69) is 37.4 Å². The van der Waals surface area contributed by atoms with Gasteiger partial charge in [0.05, 0.1) is 0 Å². The Morgan fingerprint density at radius 3 is 2.72 bits per heavy atom. The van der Waals surface area contributed by atoms with Crippen molar-refractivity contribution in [1.82, 2.24) is 9.88 Å². The summed E-state index contributed by atoms with van der Waals surface area (Å²) >= 11 is 0. The van der Waals surface area contributed by atoms with E-state index in [4.69, 9.17) is 4.74 Å². The average molecular weight is 395 g/mol. The summed E-state index contributed by atoms with van der Waals surface area (Å²) in [6, 6.07) is 14.3. The molecule has 0 saturated heterocycles. The fraction of sp³-hybridized carbons (Fsp3) is 0.375. The fourth-order valence-electron chi connectivity index (χ4n) is 3.76. The summed E-state index contributed by atoms with van der Waals surface area (Å²) in [6.45, 7) is 9.40. The van der Waals surface area contributed by atoms with Crippen LogP contribution in [0, 0.1) is 13.8 Å². The number of ether oxygens (including phenoxy) is 1. The number of carboxylic acids is 1. The minimum atomic E-state index is -0.891. The molecule has 154 valence electrons. The van der Waals surface area contributed by atoms with Crippen molar-refractivity contribution in [3.8, 4) is 0 Å². The molecular weight excluding hydrogens is 364 g/mol. The standard InChI is InChI=1S/C24H30N2O3/c1-4-29-13-7-12-25-15-21-20-8-5-6-9-22(20)26(23(21)24(27)28)16-19-14-17(2)10-11-18(19)3/h5-6,8-11,14,25H,4,7,12-13,15-16H2,1-3H3,(H,27,28). The zero-order valence-corrected chi connectivity index (χ0v) is 17.5. The number of aromatic nitrogens is 1. The number of para-hydroxylation sites is 1. The number of nitrogens with zero attached hydrogens (tertiary/aromatic N) is 1. The van der Waals surface area contributed by atoms with Crippen molar-refractivity contribution in [3.63, 3.8) is 0 Å². The number of aryl methyl sites for hydroxylation is 2. The number of benzene rings is 2. The van der Waals surface area contributed by atoms with Gasteiger partial charge in [0.1, 0.15) is 5.69 Å². The first-order valence-electron chi connectivity index (χ1n) is 10.2. The van der Waals surface area contributed by atoms with E-state index in [9.17, 15) is 9.90 Å². The molecule has 0 bridgehead atoms. The van der Waals surface area contributed by atoms with Gasteiger partial charge in [-0.15, -0.1) is 0 Å². The van der Waals surface area contributed by atoms with E-state index in [1.165, 1.54) is 11.1 Å². The van der Waals surface area contributed by atoms with Crippen LogP contribution in [0.5, 0.6) is 0 Å². The van der Waals surface area contributed by atoms with Gasteiger partial charge in [0.2, 0.25) is 0 Å². The first kappa shape index (κ1) is 21.1. The second-order valence-electron chi connectivity index (χ2n) is 7.39. The molecule has 2 N–H and O–H groups in total. The maximum absolute atomic E-state index is 12.3. The molecule has 0 fully saturated rings. The highest BCUT2D eigenvalue weighted by Gasteiger charge is 2.22. The van der Waals surface area contributed by atoms with Gasteiger partial charge in [-0.1, -0.05) is 42.0 Å². The van der Waals surface area contributed by atoms with Gasteiger partial charge in [0.15, 0.2) is 0 Å². The number of carbonyl (C=O) groups is 1. The molecule has 1 aromatic heterocycles. The Labute approximate surface area is 172 Å². The molecule has 0 aliphatic carbocycles. The quantitative estimate of drug-likeness (QED) is 0.496. The van der Waals surface area contributed by atoms with Crippen LogP contribution in [0.1, 0.15) is 46.1 Å². The first-order chi connectivity index (χ1) is 14.0. The molecule has 0 saturated carbocycles. The normalized spacial score (nSPS) is 11.3. The minimum absolute atomic E-state index is 0.365. The number of nitrogens with one attached hydrogen (secondary N) is 1. The van der Waals surface area contributed by atoms with E-state index in [-0.39, 0.29) is 0 Å². The maximum atomic E-state index is 12.3. The summed E-state index contributed by atoms with van der Waals surface area (Å²) in [5.74, 6) is -0.891. The monoisotopic (exact) mass is 394 g/mol. The zero-order chi connectivity index (χ0) is 20.8. The van der Waals surface area contributed by atoms with Crippen molar-refractivity contribution in [1.29, 1.82) is 0 Å². The highest BCUT2D eigenvalue weighted by molar-refractivity contribution is 5.98. The Morgan fingerprint density at radius 1 is 1.17 bits per heavy atom. The molecule has 2 aromatic carbocycles. The first-order valence-corrected chi connectivity index (χ1v) is 10.2. The van der Waals surface area contributed by atoms with Crippen molar-refractivity contribution in [3.05, 3.63) is 70.4 Å². The van der Waals surface area contributed by atoms with Crippen molar-refractivity contribution in [2.45, 2.75) is 40.3 Å². The lowest BCUT2D eigenvalue weighted by molar-refractivity contribution is 0.0684. The lowest BCUT2D eigenvalue weighted by atomic mass is 10.1. The molecule has 0 aliphatic rings. The van der Waals surface area contributed by atoms with Crippen LogP contribution in [-0.2, 0) is 17.8 Å². The van der Waals surface area contributed by atoms with Gasteiger partial charge < -0.3 is 19.7 Å². The van der Waals surface area contributed by atoms with E-state index in [0.29, 0.717) is 25.4 Å². The molecule has 5 heteroatoms. The van der Waals surface area contributed by atoms with E-state index in [0.717, 1.165) is 41.6 Å². The van der Waals surface area contributed by atoms with Crippen LogP contribution in [0.3, 0.4) is 0 Å². The third kappa shape index (κ3) is 4.86. The third-order valence-electron chi connectivity index (χ3n) is 5.26. The molecule has 5 nitrogen and oxygen atoms in total. The van der Waals surface area contributed by atoms with Gasteiger partial charge in [-0.05, 0) is 50.9 Å². The number of aromatic carboxylic acids is 1. The Morgan fingerprint density at radius 2 is 1.97 bits per heavy atom. The lowest BCUT2D eigenvalue weighted by Gasteiger charge is -2.12. The second-order valence-corrected chi connectivity index (χ2v) is 7.39. The average Bonchev–Trinajstić information content (AvgIpc) is 3.01. The van der Waals surface area contributed by atoms with Crippen molar-refractivity contribution >= 4 is 16.9 Å². The van der Waals surface area contributed by atoms with Gasteiger partial charge in [0, 0.05) is 42.8 Å². The zero-order valence-electron chi connectivity index (χ0n) is 17.5. The highest BCUT2D eigenvalue weighted by atomic mass is 16.5. The molecule has 0 unspecified atom stereocenters. The van der Waals surface area contributed by atoms with Crippen molar-refractivity contribution < 1.29 is 14.6 Å². The summed E-state index contributed by atoms with van der Waals surface area (Å²) in [7, 11) is 0. The van der Waals surface area contributed by atoms with Gasteiger partial charge in [-0.25, -0.2) is 4.79 Å². The van der Waals surface area contributed by atoms with Crippen LogP contribution in [0.2, 0.25) is 0 Å². The summed E-state index contributed by atoms with van der Waals surface area (Å²) in [5, 5.41) is 14.4. The number of fused-ring (bicyclic) bond motifs is 1. The van der Waals surface area contributed by atoms with E-state index in [1.807, 2.05) is 35.8 Å². The number of hydrogen-bond donors (Lipinski definition) is 2. The Bertz CT molecular complexity index is 991. The summed E-state index contributed by atoms with van der Waals surface area (Å²) in [5.41, 5.74) is 5.65. The van der Waals surface area contributed by atoms with Crippen LogP contribution in [0.4, 0.5) is 0 Å². The largest absolute Gasteiger partial charge is 0.477 e. The Kier molecular flexibility index (Phi) is 7.07. The van der Waals surface area contributed by atoms with Gasteiger partial charge in [-0.3, -0.25) is 0 Å². The number of carboxylic acid groups (broad SMARTS) is 1. The summed E-state index contributed by atoms with van der Waals surface area (Å²) < 4.78 is 7.31. The predicted octanol–water partition coefficient (Wildman–Crippen LogP) is 4.52. The van der Waals surface area contributed by atoms with E-state index in [1.54, 1.807) is 0 Å². The second kappa shape index (κ2) is 9.72. The molecule has 3 rings (SSSR count). The van der Waals surface area contributed by atoms with Crippen LogP contribution in [0.15, 0.2) is 42.5 Å². The van der Waals surface area contributed by atoms with Crippen LogP contribution in [-0.4, -0.2) is 35.4 Å². The molecule has 0 aliphatic heterocycles. The van der Waals surface area contributed by atoms with Gasteiger partial charge in [-0.2, -0.15) is 0 Å². The maximum Gasteiger partial charge on any atom is 0.352 e. The molecule has 1 heterocycles. The van der Waals surface area contributed by atoms with Gasteiger partial charge in [0.25, 0.3) is 0 Å². The molecule has 29 heavy (non-hydrogen) atoms. The highest BCUT2D eigenvalue weighted by Crippen LogP contribution is 2.28. The van der Waals surface area contributed by atoms with E-state index < -0.39 is 5.97 Å². The van der Waals surface area contributed by atoms with E-state index >= 15 is 0 Å².